The van der Waals surface area contributed by atoms with Crippen LogP contribution in [0.15, 0.2) is 53.5 Å². The molecule has 0 aromatic heterocycles. The molecule has 0 spiro atoms. The Kier molecular flexibility index (Phi) is 5.68. The molecule has 29 heavy (non-hydrogen) atoms. The topological polar surface area (TPSA) is 66.8 Å². The number of carbonyl (C=O) groups is 1. The Morgan fingerprint density at radius 3 is 2.69 bits per heavy atom. The van der Waals surface area contributed by atoms with Gasteiger partial charge in [-0.3, -0.25) is 4.79 Å². The van der Waals surface area contributed by atoms with Crippen molar-refractivity contribution in [2.24, 2.45) is 4.99 Å². The molecule has 0 aliphatic carbocycles. The standard InChI is InChI=1S/C20H18ClFN2O3S2/c21-15-8-7-14(10-16(15)22)24-17-11-29(26,27)12-18(17)28-20(24)23-19(25)9-6-13-4-2-1-3-5-13/h1-5,7-8,10,17-18H,6,9,11-12H2. The second-order valence-corrected chi connectivity index (χ2v) is 10.8. The van der Waals surface area contributed by atoms with Crippen molar-refractivity contribution in [2.75, 3.05) is 16.4 Å². The van der Waals surface area contributed by atoms with Gasteiger partial charge in [0.25, 0.3) is 0 Å². The summed E-state index contributed by atoms with van der Waals surface area (Å²) in [5, 5.41) is 0.155. The lowest BCUT2D eigenvalue weighted by Gasteiger charge is -2.24. The van der Waals surface area contributed by atoms with Gasteiger partial charge in [0.2, 0.25) is 5.91 Å². The molecule has 9 heteroatoms. The minimum Gasteiger partial charge on any atom is -0.315 e. The second kappa shape index (κ2) is 8.08. The van der Waals surface area contributed by atoms with E-state index in [-0.39, 0.29) is 40.1 Å². The van der Waals surface area contributed by atoms with Crippen LogP contribution in [0.4, 0.5) is 10.1 Å². The number of aryl methyl sites for hydroxylation is 1. The molecule has 2 unspecified atom stereocenters. The fourth-order valence-electron chi connectivity index (χ4n) is 3.56. The molecule has 2 fully saturated rings. The molecular formula is C20H18ClFN2O3S2. The van der Waals surface area contributed by atoms with Gasteiger partial charge in [0.1, 0.15) is 5.82 Å². The average molecular weight is 453 g/mol. The Balaban J connectivity index is 1.59. The summed E-state index contributed by atoms with van der Waals surface area (Å²) in [4.78, 5) is 18.4. The molecule has 2 aromatic carbocycles. The van der Waals surface area contributed by atoms with Crippen LogP contribution >= 0.6 is 23.4 Å². The fourth-order valence-corrected chi connectivity index (χ4v) is 7.61. The summed E-state index contributed by atoms with van der Waals surface area (Å²) < 4.78 is 38.2. The zero-order valence-corrected chi connectivity index (χ0v) is 17.7. The van der Waals surface area contributed by atoms with Crippen LogP contribution in [0.5, 0.6) is 0 Å². The average Bonchev–Trinajstić information content (AvgIpc) is 3.14. The number of amides is 1. The molecule has 152 valence electrons. The molecule has 5 nitrogen and oxygen atoms in total. The van der Waals surface area contributed by atoms with Crippen molar-refractivity contribution < 1.29 is 17.6 Å². The first kappa shape index (κ1) is 20.4. The zero-order valence-electron chi connectivity index (χ0n) is 15.3. The molecule has 2 heterocycles. The van der Waals surface area contributed by atoms with Crippen LogP contribution in [-0.4, -0.2) is 42.3 Å². The lowest BCUT2D eigenvalue weighted by atomic mass is 10.1. The quantitative estimate of drug-likeness (QED) is 0.707. The van der Waals surface area contributed by atoms with Gasteiger partial charge in [-0.05, 0) is 30.2 Å². The van der Waals surface area contributed by atoms with Gasteiger partial charge >= 0.3 is 0 Å². The second-order valence-electron chi connectivity index (χ2n) is 7.04. The number of hydrogen-bond acceptors (Lipinski definition) is 4. The Morgan fingerprint density at radius 1 is 1.21 bits per heavy atom. The highest BCUT2D eigenvalue weighted by Crippen LogP contribution is 2.41. The predicted molar refractivity (Wildman–Crippen MR) is 115 cm³/mol. The molecule has 0 N–H and O–H groups in total. The molecule has 2 saturated heterocycles. The van der Waals surface area contributed by atoms with Crippen LogP contribution in [0, 0.1) is 5.82 Å². The number of halogens is 2. The van der Waals surface area contributed by atoms with E-state index in [0.29, 0.717) is 17.3 Å². The number of amidine groups is 1. The monoisotopic (exact) mass is 452 g/mol. The van der Waals surface area contributed by atoms with E-state index < -0.39 is 15.7 Å². The van der Waals surface area contributed by atoms with E-state index >= 15 is 0 Å². The smallest absolute Gasteiger partial charge is 0.248 e. The third-order valence-electron chi connectivity index (χ3n) is 4.94. The van der Waals surface area contributed by atoms with E-state index in [9.17, 15) is 17.6 Å². The maximum absolute atomic E-state index is 14.0. The first-order valence-corrected chi connectivity index (χ1v) is 12.2. The molecule has 1 amide bonds. The number of nitrogens with zero attached hydrogens (tertiary/aromatic N) is 2. The lowest BCUT2D eigenvalue weighted by molar-refractivity contribution is -0.117. The Hall–Kier alpha value is -1.90. The third-order valence-corrected chi connectivity index (χ3v) is 8.45. The minimum absolute atomic E-state index is 0.0198. The molecule has 2 aromatic rings. The van der Waals surface area contributed by atoms with Crippen molar-refractivity contribution in [3.8, 4) is 0 Å². The third kappa shape index (κ3) is 4.49. The summed E-state index contributed by atoms with van der Waals surface area (Å²) in [5.41, 5.74) is 1.48. The predicted octanol–water partition coefficient (Wildman–Crippen LogP) is 3.71. The van der Waals surface area contributed by atoms with Crippen LogP contribution in [0.1, 0.15) is 12.0 Å². The highest BCUT2D eigenvalue weighted by Gasteiger charge is 2.49. The number of thioether (sulfide) groups is 1. The van der Waals surface area contributed by atoms with E-state index in [1.165, 1.54) is 23.9 Å². The first-order chi connectivity index (χ1) is 13.8. The number of carbonyl (C=O) groups excluding carboxylic acids is 1. The Labute approximate surface area is 177 Å². The normalized spacial score (nSPS) is 24.1. The van der Waals surface area contributed by atoms with Crippen molar-refractivity contribution in [2.45, 2.75) is 24.1 Å². The molecule has 2 aliphatic heterocycles. The number of fused-ring (bicyclic) bond motifs is 1. The molecule has 4 rings (SSSR count). The number of hydrogen-bond donors (Lipinski definition) is 0. The molecular weight excluding hydrogens is 435 g/mol. The maximum Gasteiger partial charge on any atom is 0.248 e. The van der Waals surface area contributed by atoms with Gasteiger partial charge < -0.3 is 4.90 Å². The Morgan fingerprint density at radius 2 is 1.97 bits per heavy atom. The number of benzene rings is 2. The minimum atomic E-state index is -3.19. The van der Waals surface area contributed by atoms with Gasteiger partial charge in [-0.15, -0.1) is 0 Å². The molecule has 0 radical (unpaired) electrons. The lowest BCUT2D eigenvalue weighted by Crippen LogP contribution is -2.37. The van der Waals surface area contributed by atoms with Crippen LogP contribution < -0.4 is 4.90 Å². The van der Waals surface area contributed by atoms with Gasteiger partial charge in [0.05, 0.1) is 22.6 Å². The van der Waals surface area contributed by atoms with Crippen molar-refractivity contribution in [3.05, 3.63) is 64.9 Å². The van der Waals surface area contributed by atoms with Crippen LogP contribution in [0.3, 0.4) is 0 Å². The number of sulfone groups is 1. The Bertz CT molecular complexity index is 1080. The van der Waals surface area contributed by atoms with Crippen LogP contribution in [0.25, 0.3) is 0 Å². The maximum atomic E-state index is 14.0. The summed E-state index contributed by atoms with van der Waals surface area (Å²) >= 11 is 7.05. The largest absolute Gasteiger partial charge is 0.315 e. The summed E-state index contributed by atoms with van der Waals surface area (Å²) in [6.45, 7) is 0. The van der Waals surface area contributed by atoms with Crippen LogP contribution in [-0.2, 0) is 21.1 Å². The first-order valence-electron chi connectivity index (χ1n) is 9.09. The van der Waals surface area contributed by atoms with Crippen molar-refractivity contribution in [3.63, 3.8) is 0 Å². The molecule has 0 saturated carbocycles. The molecule has 2 atom stereocenters. The SMILES string of the molecule is O=C(CCc1ccccc1)N=C1SC2CS(=O)(=O)CC2N1c1ccc(Cl)c(F)c1. The van der Waals surface area contributed by atoms with Gasteiger partial charge in [-0.25, -0.2) is 12.8 Å². The number of rotatable bonds is 4. The molecule has 0 bridgehead atoms. The van der Waals surface area contributed by atoms with Gasteiger partial charge in [0.15, 0.2) is 15.0 Å². The highest BCUT2D eigenvalue weighted by atomic mass is 35.5. The van der Waals surface area contributed by atoms with E-state index in [0.717, 1.165) is 5.56 Å². The van der Waals surface area contributed by atoms with Gasteiger partial charge in [0, 0.05) is 17.4 Å². The van der Waals surface area contributed by atoms with Crippen molar-refractivity contribution in [1.82, 2.24) is 0 Å². The summed E-state index contributed by atoms with van der Waals surface area (Å²) in [7, 11) is -3.19. The van der Waals surface area contributed by atoms with E-state index in [1.54, 1.807) is 11.0 Å². The zero-order chi connectivity index (χ0) is 20.6. The highest BCUT2D eigenvalue weighted by molar-refractivity contribution is 8.16. The van der Waals surface area contributed by atoms with Crippen molar-refractivity contribution >= 4 is 50.0 Å². The van der Waals surface area contributed by atoms with Gasteiger partial charge in [-0.1, -0.05) is 53.7 Å². The summed E-state index contributed by atoms with van der Waals surface area (Å²) in [6, 6.07) is 13.5. The van der Waals surface area contributed by atoms with E-state index in [1.807, 2.05) is 30.3 Å². The summed E-state index contributed by atoms with van der Waals surface area (Å²) in [6.07, 6.45) is 0.808. The van der Waals surface area contributed by atoms with E-state index in [2.05, 4.69) is 4.99 Å². The van der Waals surface area contributed by atoms with Crippen LogP contribution in [0.2, 0.25) is 5.02 Å². The van der Waals surface area contributed by atoms with Crippen molar-refractivity contribution in [1.29, 1.82) is 0 Å². The van der Waals surface area contributed by atoms with Gasteiger partial charge in [-0.2, -0.15) is 4.99 Å². The number of aliphatic imine (C=N–C) groups is 1. The van der Waals surface area contributed by atoms with E-state index in [4.69, 9.17) is 11.6 Å². The molecule has 2 aliphatic rings. The number of anilines is 1. The fraction of sp³-hybridized carbons (Fsp3) is 0.300. The summed E-state index contributed by atoms with van der Waals surface area (Å²) in [5.74, 6) is -0.926.